The summed E-state index contributed by atoms with van der Waals surface area (Å²) in [5.41, 5.74) is 0.881. The van der Waals surface area contributed by atoms with Crippen LogP contribution in [-0.2, 0) is 4.74 Å². The van der Waals surface area contributed by atoms with Crippen LogP contribution in [0.4, 0.5) is 0 Å². The molecule has 2 heteroatoms. The molecule has 2 nitrogen and oxygen atoms in total. The van der Waals surface area contributed by atoms with E-state index in [0.29, 0.717) is 11.0 Å². The number of nitrogens with zero attached hydrogens (tertiary/aromatic N) is 1. The lowest BCUT2D eigenvalue weighted by Crippen LogP contribution is -2.54. The second-order valence-electron chi connectivity index (χ2n) is 6.50. The Hall–Kier alpha value is -0.0800. The Balaban J connectivity index is 2.25. The van der Waals surface area contributed by atoms with E-state index in [9.17, 15) is 0 Å². The zero-order valence-electron chi connectivity index (χ0n) is 11.4. The lowest BCUT2D eigenvalue weighted by atomic mass is 9.66. The Morgan fingerprint density at radius 2 is 1.88 bits per heavy atom. The maximum absolute atomic E-state index is 5.58. The molecule has 2 heterocycles. The van der Waals surface area contributed by atoms with Crippen LogP contribution < -0.4 is 0 Å². The topological polar surface area (TPSA) is 12.5 Å². The predicted octanol–water partition coefficient (Wildman–Crippen LogP) is 2.92. The Kier molecular flexibility index (Phi) is 3.33. The van der Waals surface area contributed by atoms with Crippen molar-refractivity contribution in [2.75, 3.05) is 26.3 Å². The minimum atomic E-state index is 0.432. The molecular formula is C14H27NO. The summed E-state index contributed by atoms with van der Waals surface area (Å²) in [7, 11) is 0. The first kappa shape index (κ1) is 12.4. The lowest BCUT2D eigenvalue weighted by Gasteiger charge is -2.49. The van der Waals surface area contributed by atoms with Crippen LogP contribution in [0.15, 0.2) is 0 Å². The molecule has 1 atom stereocenters. The smallest absolute Gasteiger partial charge is 0.0483 e. The Bertz CT molecular complexity index is 238. The van der Waals surface area contributed by atoms with Crippen LogP contribution in [-0.4, -0.2) is 36.7 Å². The first-order chi connectivity index (χ1) is 7.50. The molecule has 0 aromatic carbocycles. The number of hydrogen-bond donors (Lipinski definition) is 0. The molecule has 0 N–H and O–H groups in total. The fourth-order valence-corrected chi connectivity index (χ4v) is 4.10. The summed E-state index contributed by atoms with van der Waals surface area (Å²) in [6.45, 7) is 14.0. The van der Waals surface area contributed by atoms with Crippen LogP contribution in [0, 0.1) is 11.3 Å². The predicted molar refractivity (Wildman–Crippen MR) is 67.6 cm³/mol. The van der Waals surface area contributed by atoms with E-state index in [-0.39, 0.29) is 0 Å². The number of likely N-dealkylation sites (tertiary alicyclic amines) is 1. The van der Waals surface area contributed by atoms with Crippen LogP contribution >= 0.6 is 0 Å². The van der Waals surface area contributed by atoms with E-state index >= 15 is 0 Å². The van der Waals surface area contributed by atoms with E-state index in [0.717, 1.165) is 19.1 Å². The zero-order chi connectivity index (χ0) is 11.8. The molecule has 1 spiro atoms. The van der Waals surface area contributed by atoms with Crippen LogP contribution in [0.3, 0.4) is 0 Å². The molecular weight excluding hydrogens is 198 g/mol. The van der Waals surface area contributed by atoms with Gasteiger partial charge in [-0.15, -0.1) is 0 Å². The molecule has 94 valence electrons. The summed E-state index contributed by atoms with van der Waals surface area (Å²) in [4.78, 5) is 2.73. The standard InChI is InChI=1S/C14H27NO/c1-5-15-9-6-12(13(2,3)4)14(15)7-10-16-11-8-14/h12H,5-11H2,1-4H3/t12-/m0/s1. The van der Waals surface area contributed by atoms with Gasteiger partial charge in [-0.1, -0.05) is 27.7 Å². The van der Waals surface area contributed by atoms with E-state index < -0.39 is 0 Å². The zero-order valence-corrected chi connectivity index (χ0v) is 11.4. The van der Waals surface area contributed by atoms with Crippen molar-refractivity contribution in [3.63, 3.8) is 0 Å². The fraction of sp³-hybridized carbons (Fsp3) is 1.00. The van der Waals surface area contributed by atoms with E-state index in [4.69, 9.17) is 4.74 Å². The summed E-state index contributed by atoms with van der Waals surface area (Å²) in [6, 6.07) is 0. The molecule has 0 amide bonds. The lowest BCUT2D eigenvalue weighted by molar-refractivity contribution is -0.0481. The molecule has 2 fully saturated rings. The van der Waals surface area contributed by atoms with Gasteiger partial charge in [-0.3, -0.25) is 4.90 Å². The van der Waals surface area contributed by atoms with E-state index in [1.54, 1.807) is 0 Å². The SMILES string of the molecule is CCN1CC[C@@H](C(C)(C)C)C12CCOCC2. The Morgan fingerprint density at radius 3 is 2.38 bits per heavy atom. The Labute approximate surface area is 100 Å². The second kappa shape index (κ2) is 4.30. The van der Waals surface area contributed by atoms with Crippen LogP contribution in [0.25, 0.3) is 0 Å². The van der Waals surface area contributed by atoms with Crippen molar-refractivity contribution in [1.82, 2.24) is 4.90 Å². The maximum Gasteiger partial charge on any atom is 0.0483 e. The van der Waals surface area contributed by atoms with Crippen molar-refractivity contribution in [2.45, 2.75) is 52.5 Å². The van der Waals surface area contributed by atoms with Crippen molar-refractivity contribution in [3.05, 3.63) is 0 Å². The molecule has 2 saturated heterocycles. The van der Waals surface area contributed by atoms with Gasteiger partial charge in [0.1, 0.15) is 0 Å². The summed E-state index contributed by atoms with van der Waals surface area (Å²) in [5.74, 6) is 0.837. The summed E-state index contributed by atoms with van der Waals surface area (Å²) in [6.07, 6.45) is 3.85. The van der Waals surface area contributed by atoms with Crippen LogP contribution in [0.5, 0.6) is 0 Å². The monoisotopic (exact) mass is 225 g/mol. The average Bonchev–Trinajstić information content (AvgIpc) is 2.57. The highest BCUT2D eigenvalue weighted by molar-refractivity contribution is 5.06. The second-order valence-corrected chi connectivity index (χ2v) is 6.50. The molecule has 0 bridgehead atoms. The van der Waals surface area contributed by atoms with Gasteiger partial charge < -0.3 is 4.74 Å². The molecule has 2 aliphatic heterocycles. The molecule has 0 aromatic rings. The molecule has 2 aliphatic rings. The number of rotatable bonds is 1. The van der Waals surface area contributed by atoms with E-state index in [1.807, 2.05) is 0 Å². The first-order valence-corrected chi connectivity index (χ1v) is 6.83. The summed E-state index contributed by atoms with van der Waals surface area (Å²) in [5, 5.41) is 0. The normalized spacial score (nSPS) is 31.1. The quantitative estimate of drug-likeness (QED) is 0.680. The highest BCUT2D eigenvalue weighted by Gasteiger charge is 2.52. The third kappa shape index (κ3) is 1.91. The minimum absolute atomic E-state index is 0.432. The molecule has 0 saturated carbocycles. The number of ether oxygens (including phenoxy) is 1. The van der Waals surface area contributed by atoms with Gasteiger partial charge in [0.25, 0.3) is 0 Å². The largest absolute Gasteiger partial charge is 0.381 e. The minimum Gasteiger partial charge on any atom is -0.381 e. The highest BCUT2D eigenvalue weighted by Crippen LogP contribution is 2.49. The molecule has 16 heavy (non-hydrogen) atoms. The molecule has 0 unspecified atom stereocenters. The first-order valence-electron chi connectivity index (χ1n) is 6.83. The van der Waals surface area contributed by atoms with E-state index in [2.05, 4.69) is 32.6 Å². The molecule has 0 radical (unpaired) electrons. The summed E-state index contributed by atoms with van der Waals surface area (Å²) >= 11 is 0. The molecule has 0 aromatic heterocycles. The van der Waals surface area contributed by atoms with Crippen molar-refractivity contribution < 1.29 is 4.74 Å². The van der Waals surface area contributed by atoms with Gasteiger partial charge in [-0.2, -0.15) is 0 Å². The van der Waals surface area contributed by atoms with Gasteiger partial charge in [-0.25, -0.2) is 0 Å². The molecule has 2 rings (SSSR count). The van der Waals surface area contributed by atoms with Gasteiger partial charge in [0.15, 0.2) is 0 Å². The maximum atomic E-state index is 5.58. The van der Waals surface area contributed by atoms with Crippen molar-refractivity contribution in [3.8, 4) is 0 Å². The van der Waals surface area contributed by atoms with Crippen LogP contribution in [0.2, 0.25) is 0 Å². The third-order valence-corrected chi connectivity index (χ3v) is 4.75. The van der Waals surface area contributed by atoms with Gasteiger partial charge in [0, 0.05) is 18.8 Å². The van der Waals surface area contributed by atoms with Crippen LogP contribution in [0.1, 0.15) is 47.0 Å². The Morgan fingerprint density at radius 1 is 1.25 bits per heavy atom. The third-order valence-electron chi connectivity index (χ3n) is 4.75. The average molecular weight is 225 g/mol. The molecule has 0 aliphatic carbocycles. The highest BCUT2D eigenvalue weighted by atomic mass is 16.5. The van der Waals surface area contributed by atoms with Gasteiger partial charge in [0.05, 0.1) is 0 Å². The fourth-order valence-electron chi connectivity index (χ4n) is 4.10. The van der Waals surface area contributed by atoms with E-state index in [1.165, 1.54) is 32.4 Å². The number of hydrogen-bond acceptors (Lipinski definition) is 2. The van der Waals surface area contributed by atoms with Gasteiger partial charge in [0.2, 0.25) is 0 Å². The van der Waals surface area contributed by atoms with Gasteiger partial charge in [-0.05, 0) is 43.7 Å². The van der Waals surface area contributed by atoms with Crippen molar-refractivity contribution >= 4 is 0 Å². The van der Waals surface area contributed by atoms with Crippen molar-refractivity contribution in [2.24, 2.45) is 11.3 Å². The van der Waals surface area contributed by atoms with Gasteiger partial charge >= 0.3 is 0 Å². The van der Waals surface area contributed by atoms with Crippen molar-refractivity contribution in [1.29, 1.82) is 0 Å². The summed E-state index contributed by atoms with van der Waals surface area (Å²) < 4.78 is 5.58.